The van der Waals surface area contributed by atoms with Crippen molar-refractivity contribution in [3.63, 3.8) is 0 Å². The fraction of sp³-hybridized carbons (Fsp3) is 0.111. The van der Waals surface area contributed by atoms with Crippen molar-refractivity contribution >= 4 is 10.8 Å². The molecule has 0 aliphatic carbocycles. The highest BCUT2D eigenvalue weighted by molar-refractivity contribution is 6.04. The van der Waals surface area contributed by atoms with Crippen LogP contribution in [0.4, 0.5) is 0 Å². The molecule has 0 unspecified atom stereocenters. The minimum Gasteiger partial charge on any atom is -0.264 e. The maximum atomic E-state index is 4.64. The quantitative estimate of drug-likeness (QED) is 0.246. The predicted octanol–water partition coefficient (Wildman–Crippen LogP) is 9.60. The number of aromatic nitrogens is 2. The Kier molecular flexibility index (Phi) is 6.09. The Morgan fingerprint density at radius 2 is 1.18 bits per heavy atom. The smallest absolute Gasteiger partial charge is 0.0704 e. The first-order valence-electron chi connectivity index (χ1n) is 13.1. The van der Waals surface area contributed by atoms with Gasteiger partial charge in [-0.15, -0.1) is 0 Å². The molecule has 0 spiro atoms. The molecule has 38 heavy (non-hydrogen) atoms. The van der Waals surface area contributed by atoms with E-state index in [0.29, 0.717) is 0 Å². The molecule has 0 saturated carbocycles. The van der Waals surface area contributed by atoms with Crippen LogP contribution in [-0.2, 0) is 5.41 Å². The maximum absolute atomic E-state index is 4.64. The Morgan fingerprint density at radius 1 is 0.500 bits per heavy atom. The van der Waals surface area contributed by atoms with Crippen LogP contribution in [0, 0.1) is 0 Å². The van der Waals surface area contributed by atoms with Gasteiger partial charge in [0.25, 0.3) is 0 Å². The summed E-state index contributed by atoms with van der Waals surface area (Å²) in [6, 6.07) is 38.9. The largest absolute Gasteiger partial charge is 0.264 e. The number of fused-ring (bicyclic) bond motifs is 1. The summed E-state index contributed by atoms with van der Waals surface area (Å²) in [5.41, 5.74) is 10.7. The van der Waals surface area contributed by atoms with E-state index in [4.69, 9.17) is 0 Å². The van der Waals surface area contributed by atoms with E-state index in [1.807, 2.05) is 18.6 Å². The summed E-state index contributed by atoms with van der Waals surface area (Å²) in [7, 11) is 0. The summed E-state index contributed by atoms with van der Waals surface area (Å²) in [4.78, 5) is 9.13. The van der Waals surface area contributed by atoms with E-state index in [2.05, 4.69) is 140 Å². The zero-order chi connectivity index (χ0) is 26.1. The van der Waals surface area contributed by atoms with Crippen LogP contribution < -0.4 is 0 Å². The van der Waals surface area contributed by atoms with E-state index >= 15 is 0 Å². The zero-order valence-corrected chi connectivity index (χ0v) is 22.0. The van der Waals surface area contributed by atoms with Crippen LogP contribution in [0.1, 0.15) is 26.3 Å². The van der Waals surface area contributed by atoms with Gasteiger partial charge in [-0.3, -0.25) is 9.97 Å². The third-order valence-electron chi connectivity index (χ3n) is 7.22. The van der Waals surface area contributed by atoms with Crippen LogP contribution in [0.25, 0.3) is 55.4 Å². The van der Waals surface area contributed by atoms with Crippen molar-refractivity contribution in [3.05, 3.63) is 133 Å². The average Bonchev–Trinajstić information content (AvgIpc) is 2.97. The monoisotopic (exact) mass is 490 g/mol. The van der Waals surface area contributed by atoms with Crippen LogP contribution in [0.15, 0.2) is 128 Å². The molecule has 0 fully saturated rings. The highest BCUT2D eigenvalue weighted by Crippen LogP contribution is 2.37. The fourth-order valence-corrected chi connectivity index (χ4v) is 5.07. The molecule has 0 saturated heterocycles. The molecule has 4 aromatic carbocycles. The van der Waals surface area contributed by atoms with Gasteiger partial charge in [-0.05, 0) is 74.0 Å². The molecule has 6 rings (SSSR count). The Bertz CT molecular complexity index is 1730. The van der Waals surface area contributed by atoms with Gasteiger partial charge in [0.1, 0.15) is 0 Å². The third-order valence-corrected chi connectivity index (χ3v) is 7.22. The maximum Gasteiger partial charge on any atom is 0.0704 e. The lowest BCUT2D eigenvalue weighted by molar-refractivity contribution is 0.589. The minimum atomic E-state index is 0.0902. The number of rotatable bonds is 4. The molecule has 2 heteroatoms. The van der Waals surface area contributed by atoms with Gasteiger partial charge >= 0.3 is 0 Å². The topological polar surface area (TPSA) is 25.8 Å². The number of pyridine rings is 2. The lowest BCUT2D eigenvalue weighted by Gasteiger charge is -2.19. The second-order valence-corrected chi connectivity index (χ2v) is 10.8. The molecule has 0 aliphatic rings. The summed E-state index contributed by atoms with van der Waals surface area (Å²) in [5, 5.41) is 2.35. The molecule has 0 radical (unpaired) electrons. The number of nitrogens with zero attached hydrogens (tertiary/aromatic N) is 2. The van der Waals surface area contributed by atoms with Crippen molar-refractivity contribution in [2.45, 2.75) is 26.2 Å². The molecule has 0 bridgehead atoms. The van der Waals surface area contributed by atoms with Crippen LogP contribution in [0.5, 0.6) is 0 Å². The van der Waals surface area contributed by atoms with Crippen molar-refractivity contribution in [2.24, 2.45) is 0 Å². The summed E-state index contributed by atoms with van der Waals surface area (Å²) in [6.07, 6.45) is 5.78. The van der Waals surface area contributed by atoms with Gasteiger partial charge in [0.2, 0.25) is 0 Å². The summed E-state index contributed by atoms with van der Waals surface area (Å²) in [6.45, 7) is 6.70. The van der Waals surface area contributed by atoms with Crippen LogP contribution in [0.3, 0.4) is 0 Å². The molecular formula is C36H30N2. The lowest BCUT2D eigenvalue weighted by atomic mass is 9.87. The van der Waals surface area contributed by atoms with Gasteiger partial charge in [-0.2, -0.15) is 0 Å². The van der Waals surface area contributed by atoms with Gasteiger partial charge in [0.15, 0.2) is 0 Å². The van der Waals surface area contributed by atoms with Crippen molar-refractivity contribution in [1.82, 2.24) is 9.97 Å². The highest BCUT2D eigenvalue weighted by atomic mass is 14.7. The second-order valence-electron chi connectivity index (χ2n) is 10.8. The summed E-state index contributed by atoms with van der Waals surface area (Å²) < 4.78 is 0. The molecule has 184 valence electrons. The first kappa shape index (κ1) is 23.8. The van der Waals surface area contributed by atoms with Crippen LogP contribution >= 0.6 is 0 Å². The number of hydrogen-bond acceptors (Lipinski definition) is 2. The molecular weight excluding hydrogens is 460 g/mol. The molecule has 2 nitrogen and oxygen atoms in total. The van der Waals surface area contributed by atoms with Crippen molar-refractivity contribution in [1.29, 1.82) is 0 Å². The van der Waals surface area contributed by atoms with E-state index < -0.39 is 0 Å². The highest BCUT2D eigenvalue weighted by Gasteiger charge is 2.15. The molecule has 2 aromatic heterocycles. The van der Waals surface area contributed by atoms with Crippen molar-refractivity contribution in [2.75, 3.05) is 0 Å². The van der Waals surface area contributed by atoms with Gasteiger partial charge in [-0.25, -0.2) is 0 Å². The third kappa shape index (κ3) is 4.62. The van der Waals surface area contributed by atoms with Crippen molar-refractivity contribution < 1.29 is 0 Å². The van der Waals surface area contributed by atoms with Crippen LogP contribution in [0.2, 0.25) is 0 Å². The van der Waals surface area contributed by atoms with Gasteiger partial charge in [0, 0.05) is 29.5 Å². The Balaban J connectivity index is 1.39. The normalized spacial score (nSPS) is 11.6. The minimum absolute atomic E-state index is 0.0902. The number of benzene rings is 4. The number of hydrogen-bond donors (Lipinski definition) is 0. The molecule has 0 amide bonds. The SMILES string of the molecule is CC(C)(C)c1ccnc(-c2ccc(-c3ccc(-c4cccc(-c5ccccc5)c4)c4cnccc34)cc2)c1. The first-order chi connectivity index (χ1) is 18.5. The Hall–Kier alpha value is -4.56. The van der Waals surface area contributed by atoms with E-state index in [1.165, 1.54) is 44.3 Å². The Labute approximate surface area is 224 Å². The molecule has 0 atom stereocenters. The van der Waals surface area contributed by atoms with Gasteiger partial charge < -0.3 is 0 Å². The molecule has 2 heterocycles. The van der Waals surface area contributed by atoms with Gasteiger partial charge in [-0.1, -0.05) is 106 Å². The van der Waals surface area contributed by atoms with E-state index in [-0.39, 0.29) is 5.41 Å². The van der Waals surface area contributed by atoms with E-state index in [1.54, 1.807) is 0 Å². The first-order valence-corrected chi connectivity index (χ1v) is 13.1. The summed E-state index contributed by atoms with van der Waals surface area (Å²) in [5.74, 6) is 0. The molecule has 6 aromatic rings. The molecule has 0 N–H and O–H groups in total. The Morgan fingerprint density at radius 3 is 1.95 bits per heavy atom. The second kappa shape index (κ2) is 9.72. The van der Waals surface area contributed by atoms with Crippen molar-refractivity contribution in [3.8, 4) is 44.6 Å². The summed E-state index contributed by atoms with van der Waals surface area (Å²) >= 11 is 0. The fourth-order valence-electron chi connectivity index (χ4n) is 5.07. The standard InChI is InChI=1S/C36H30N2/c1-36(2,3)30-18-21-38-35(23-30)27-14-12-26(13-15-27)31-16-17-32(34-24-37-20-19-33(31)34)29-11-7-10-28(22-29)25-8-5-4-6-9-25/h4-24H,1-3H3. The molecule has 0 aliphatic heterocycles. The zero-order valence-electron chi connectivity index (χ0n) is 22.0. The predicted molar refractivity (Wildman–Crippen MR) is 160 cm³/mol. The van der Waals surface area contributed by atoms with Gasteiger partial charge in [0.05, 0.1) is 5.69 Å². The van der Waals surface area contributed by atoms with Crippen LogP contribution in [-0.4, -0.2) is 9.97 Å². The van der Waals surface area contributed by atoms with E-state index in [0.717, 1.165) is 16.6 Å². The van der Waals surface area contributed by atoms with E-state index in [9.17, 15) is 0 Å². The average molecular weight is 491 g/mol. The lowest BCUT2D eigenvalue weighted by Crippen LogP contribution is -2.11.